The molecule has 0 bridgehead atoms. The normalized spacial score (nSPS) is 11.0. The van der Waals surface area contributed by atoms with Gasteiger partial charge in [0.25, 0.3) is 0 Å². The molecule has 2 aromatic heterocycles. The summed E-state index contributed by atoms with van der Waals surface area (Å²) in [5, 5.41) is 5.61. The molecule has 0 radical (unpaired) electrons. The summed E-state index contributed by atoms with van der Waals surface area (Å²) in [7, 11) is 0. The van der Waals surface area contributed by atoms with Gasteiger partial charge in [0, 0.05) is 25.5 Å². The van der Waals surface area contributed by atoms with Crippen LogP contribution in [-0.2, 0) is 6.54 Å². The van der Waals surface area contributed by atoms with Gasteiger partial charge in [0.1, 0.15) is 5.82 Å². The molecule has 2 heterocycles. The minimum Gasteiger partial charge on any atom is -0.329 e. The number of thiophene rings is 1. The fraction of sp³-hybridized carbons (Fsp3) is 0.533. The molecule has 19 heavy (non-hydrogen) atoms. The molecule has 1 N–H and O–H groups in total. The number of rotatable bonds is 9. The van der Waals surface area contributed by atoms with Crippen LogP contribution < -0.4 is 5.32 Å². The first-order valence-corrected chi connectivity index (χ1v) is 8.05. The first-order valence-electron chi connectivity index (χ1n) is 7.17. The Kier molecular flexibility index (Phi) is 6.11. The van der Waals surface area contributed by atoms with E-state index >= 15 is 0 Å². The Bertz CT molecular complexity index is 448. The van der Waals surface area contributed by atoms with Crippen LogP contribution in [0.15, 0.2) is 29.9 Å². The van der Waals surface area contributed by atoms with E-state index < -0.39 is 0 Å². The van der Waals surface area contributed by atoms with Crippen LogP contribution in [0.5, 0.6) is 0 Å². The predicted molar refractivity (Wildman–Crippen MR) is 82.6 cm³/mol. The van der Waals surface area contributed by atoms with E-state index in [9.17, 15) is 0 Å². The second kappa shape index (κ2) is 8.12. The summed E-state index contributed by atoms with van der Waals surface area (Å²) in [6.45, 7) is 5.38. The lowest BCUT2D eigenvalue weighted by Gasteiger charge is -2.08. The highest BCUT2D eigenvalue weighted by molar-refractivity contribution is 7.13. The van der Waals surface area contributed by atoms with E-state index in [1.165, 1.54) is 30.6 Å². The number of imidazole rings is 1. The summed E-state index contributed by atoms with van der Waals surface area (Å²) in [4.78, 5) is 5.69. The van der Waals surface area contributed by atoms with Gasteiger partial charge >= 0.3 is 0 Å². The molecule has 3 nitrogen and oxygen atoms in total. The van der Waals surface area contributed by atoms with E-state index in [1.807, 2.05) is 6.20 Å². The van der Waals surface area contributed by atoms with Gasteiger partial charge in [-0.2, -0.15) is 0 Å². The lowest BCUT2D eigenvalue weighted by molar-refractivity contribution is 0.563. The van der Waals surface area contributed by atoms with Crippen molar-refractivity contribution in [1.82, 2.24) is 14.9 Å². The minimum absolute atomic E-state index is 0.987. The number of nitrogens with one attached hydrogen (secondary N) is 1. The second-order valence-electron chi connectivity index (χ2n) is 4.73. The molecule has 0 amide bonds. The van der Waals surface area contributed by atoms with Crippen molar-refractivity contribution in [2.24, 2.45) is 0 Å². The quantitative estimate of drug-likeness (QED) is 0.707. The molecule has 0 aromatic carbocycles. The molecule has 0 atom stereocenters. The molecule has 0 saturated carbocycles. The van der Waals surface area contributed by atoms with Gasteiger partial charge < -0.3 is 9.88 Å². The smallest absolute Gasteiger partial charge is 0.150 e. The largest absolute Gasteiger partial charge is 0.329 e. The van der Waals surface area contributed by atoms with Crippen LogP contribution in [0.3, 0.4) is 0 Å². The average molecular weight is 277 g/mol. The van der Waals surface area contributed by atoms with Crippen LogP contribution in [0.2, 0.25) is 0 Å². The molecule has 4 heteroatoms. The van der Waals surface area contributed by atoms with Gasteiger partial charge in [0.15, 0.2) is 0 Å². The van der Waals surface area contributed by atoms with Gasteiger partial charge in [-0.1, -0.05) is 32.3 Å². The lowest BCUT2D eigenvalue weighted by Crippen LogP contribution is -2.21. The molecule has 0 saturated heterocycles. The van der Waals surface area contributed by atoms with Crippen LogP contribution in [-0.4, -0.2) is 22.6 Å². The van der Waals surface area contributed by atoms with Crippen molar-refractivity contribution in [1.29, 1.82) is 0 Å². The summed E-state index contributed by atoms with van der Waals surface area (Å²) < 4.78 is 2.23. The van der Waals surface area contributed by atoms with Crippen LogP contribution in [0.4, 0.5) is 0 Å². The van der Waals surface area contributed by atoms with Gasteiger partial charge in [-0.15, -0.1) is 11.3 Å². The summed E-state index contributed by atoms with van der Waals surface area (Å²) in [5.41, 5.74) is 0. The number of nitrogens with zero attached hydrogens (tertiary/aromatic N) is 2. The Balaban J connectivity index is 1.71. The summed E-state index contributed by atoms with van der Waals surface area (Å²) in [6, 6.07) is 4.20. The molecule has 104 valence electrons. The molecule has 2 aromatic rings. The first kappa shape index (κ1) is 14.3. The van der Waals surface area contributed by atoms with E-state index in [0.717, 1.165) is 25.5 Å². The molecule has 0 spiro atoms. The van der Waals surface area contributed by atoms with Crippen molar-refractivity contribution >= 4 is 11.3 Å². The van der Waals surface area contributed by atoms with Crippen molar-refractivity contribution in [3.8, 4) is 10.7 Å². The van der Waals surface area contributed by atoms with Gasteiger partial charge in [0.05, 0.1) is 4.88 Å². The molecular formula is C15H23N3S. The maximum Gasteiger partial charge on any atom is 0.150 e. The predicted octanol–water partition coefficient (Wildman–Crippen LogP) is 3.78. The summed E-state index contributed by atoms with van der Waals surface area (Å²) in [6.07, 6.45) is 9.24. The molecular weight excluding hydrogens is 254 g/mol. The first-order chi connectivity index (χ1) is 9.42. The zero-order chi connectivity index (χ0) is 13.3. The van der Waals surface area contributed by atoms with Crippen molar-refractivity contribution in [3.63, 3.8) is 0 Å². The molecule has 2 rings (SSSR count). The third-order valence-corrected chi connectivity index (χ3v) is 4.06. The highest BCUT2D eigenvalue weighted by Gasteiger charge is 2.05. The highest BCUT2D eigenvalue weighted by atomic mass is 32.1. The third kappa shape index (κ3) is 4.48. The third-order valence-electron chi connectivity index (χ3n) is 3.19. The molecule has 0 unspecified atom stereocenters. The van der Waals surface area contributed by atoms with Gasteiger partial charge in [0.2, 0.25) is 0 Å². The lowest BCUT2D eigenvalue weighted by atomic mass is 10.2. The maximum atomic E-state index is 4.44. The Hall–Kier alpha value is -1.13. The van der Waals surface area contributed by atoms with E-state index in [4.69, 9.17) is 0 Å². The maximum absolute atomic E-state index is 4.44. The van der Waals surface area contributed by atoms with Crippen LogP contribution >= 0.6 is 11.3 Å². The molecule has 0 fully saturated rings. The average Bonchev–Trinajstić information content (AvgIpc) is 3.08. The van der Waals surface area contributed by atoms with Crippen LogP contribution in [0.25, 0.3) is 10.7 Å². The van der Waals surface area contributed by atoms with Crippen LogP contribution in [0, 0.1) is 0 Å². The Morgan fingerprint density at radius 2 is 2.21 bits per heavy atom. The van der Waals surface area contributed by atoms with Gasteiger partial charge in [-0.3, -0.25) is 0 Å². The van der Waals surface area contributed by atoms with Crippen molar-refractivity contribution < 1.29 is 0 Å². The number of unbranched alkanes of at least 4 members (excludes halogenated alkanes) is 3. The fourth-order valence-corrected chi connectivity index (χ4v) is 2.86. The van der Waals surface area contributed by atoms with E-state index in [1.54, 1.807) is 11.3 Å². The second-order valence-corrected chi connectivity index (χ2v) is 5.68. The Morgan fingerprint density at radius 1 is 1.26 bits per heavy atom. The summed E-state index contributed by atoms with van der Waals surface area (Å²) >= 11 is 1.74. The van der Waals surface area contributed by atoms with Crippen LogP contribution in [0.1, 0.15) is 32.6 Å². The molecule has 0 aliphatic heterocycles. The van der Waals surface area contributed by atoms with Gasteiger partial charge in [-0.25, -0.2) is 4.98 Å². The van der Waals surface area contributed by atoms with Gasteiger partial charge in [-0.05, 0) is 24.4 Å². The standard InChI is InChI=1S/C15H23N3S/c1-2-3-4-5-8-16-9-11-18-12-10-17-15(18)14-7-6-13-19-14/h6-7,10,12-13,16H,2-5,8-9,11H2,1H3. The molecule has 0 aliphatic carbocycles. The molecule has 0 aliphatic rings. The van der Waals surface area contributed by atoms with E-state index in [0.29, 0.717) is 0 Å². The van der Waals surface area contributed by atoms with Crippen molar-refractivity contribution in [3.05, 3.63) is 29.9 Å². The Morgan fingerprint density at radius 3 is 3.00 bits per heavy atom. The summed E-state index contributed by atoms with van der Waals surface area (Å²) in [5.74, 6) is 1.09. The zero-order valence-electron chi connectivity index (χ0n) is 11.6. The minimum atomic E-state index is 0.987. The number of hydrogen-bond donors (Lipinski definition) is 1. The number of aromatic nitrogens is 2. The van der Waals surface area contributed by atoms with Crippen molar-refractivity contribution in [2.75, 3.05) is 13.1 Å². The SMILES string of the molecule is CCCCCCNCCn1ccnc1-c1cccs1. The van der Waals surface area contributed by atoms with E-state index in [2.05, 4.69) is 45.5 Å². The van der Waals surface area contributed by atoms with Crippen molar-refractivity contribution in [2.45, 2.75) is 39.2 Å². The fourth-order valence-electron chi connectivity index (χ4n) is 2.12. The number of hydrogen-bond acceptors (Lipinski definition) is 3. The zero-order valence-corrected chi connectivity index (χ0v) is 12.5. The monoisotopic (exact) mass is 277 g/mol. The highest BCUT2D eigenvalue weighted by Crippen LogP contribution is 2.22. The topological polar surface area (TPSA) is 29.9 Å². The Labute approximate surface area is 119 Å². The van der Waals surface area contributed by atoms with E-state index in [-0.39, 0.29) is 0 Å².